The molecule has 4 nitrogen and oxygen atoms in total. The number of aromatic amines is 1. The molecule has 2 aromatic carbocycles. The third kappa shape index (κ3) is 3.13. The van der Waals surface area contributed by atoms with Crippen LogP contribution >= 0.6 is 0 Å². The van der Waals surface area contributed by atoms with E-state index >= 15 is 0 Å². The van der Waals surface area contributed by atoms with Gasteiger partial charge in [0.25, 0.3) is 5.91 Å². The first-order valence-electron chi connectivity index (χ1n) is 7.66. The smallest absolute Gasteiger partial charge is 0.254 e. The summed E-state index contributed by atoms with van der Waals surface area (Å²) < 4.78 is 26.8. The molecule has 1 unspecified atom stereocenters. The Balaban J connectivity index is 1.90. The largest absolute Gasteiger partial charge is 0.342 e. The molecule has 0 bridgehead atoms. The molecule has 1 atom stereocenters. The highest BCUT2D eigenvalue weighted by Crippen LogP contribution is 2.23. The van der Waals surface area contributed by atoms with E-state index < -0.39 is 23.6 Å². The number of rotatable bonds is 4. The van der Waals surface area contributed by atoms with Crippen LogP contribution in [0.2, 0.25) is 0 Å². The SMILES string of the molecule is CC(C)C(NC(=O)c1ccc(F)cc1F)c1nc2ccccc2[nH]1. The average Bonchev–Trinajstić information content (AvgIpc) is 2.95. The van der Waals surface area contributed by atoms with Crippen LogP contribution in [0.25, 0.3) is 11.0 Å². The summed E-state index contributed by atoms with van der Waals surface area (Å²) in [6, 6.07) is 10.00. The summed E-state index contributed by atoms with van der Waals surface area (Å²) in [4.78, 5) is 20.0. The van der Waals surface area contributed by atoms with Gasteiger partial charge in [-0.1, -0.05) is 26.0 Å². The molecule has 0 saturated heterocycles. The summed E-state index contributed by atoms with van der Waals surface area (Å²) in [7, 11) is 0. The van der Waals surface area contributed by atoms with Crippen molar-refractivity contribution in [3.63, 3.8) is 0 Å². The van der Waals surface area contributed by atoms with Crippen molar-refractivity contribution in [3.05, 3.63) is 65.5 Å². The molecule has 3 rings (SSSR count). The number of H-pyrrole nitrogens is 1. The zero-order chi connectivity index (χ0) is 17.3. The second-order valence-electron chi connectivity index (χ2n) is 5.96. The lowest BCUT2D eigenvalue weighted by atomic mass is 10.0. The topological polar surface area (TPSA) is 57.8 Å². The molecule has 0 aliphatic carbocycles. The molecule has 1 aromatic heterocycles. The molecule has 1 heterocycles. The minimum absolute atomic E-state index is 0.0259. The summed E-state index contributed by atoms with van der Waals surface area (Å²) in [5, 5.41) is 2.78. The summed E-state index contributed by atoms with van der Waals surface area (Å²) in [5.41, 5.74) is 1.46. The van der Waals surface area contributed by atoms with Crippen molar-refractivity contribution in [1.82, 2.24) is 15.3 Å². The van der Waals surface area contributed by atoms with Gasteiger partial charge in [0.05, 0.1) is 22.6 Å². The molecule has 0 radical (unpaired) electrons. The van der Waals surface area contributed by atoms with E-state index in [-0.39, 0.29) is 11.5 Å². The van der Waals surface area contributed by atoms with Crippen LogP contribution in [0.3, 0.4) is 0 Å². The van der Waals surface area contributed by atoms with Crippen LogP contribution in [0, 0.1) is 17.6 Å². The number of carbonyl (C=O) groups excluding carboxylic acids is 1. The summed E-state index contributed by atoms with van der Waals surface area (Å²) in [6.45, 7) is 3.86. The molecule has 0 spiro atoms. The molecule has 0 fully saturated rings. The molecule has 1 amide bonds. The lowest BCUT2D eigenvalue weighted by molar-refractivity contribution is 0.0919. The number of fused-ring (bicyclic) bond motifs is 1. The van der Waals surface area contributed by atoms with Gasteiger partial charge in [0, 0.05) is 6.07 Å². The van der Waals surface area contributed by atoms with Crippen LogP contribution < -0.4 is 5.32 Å². The molecule has 0 aliphatic rings. The van der Waals surface area contributed by atoms with Crippen LogP contribution in [0.1, 0.15) is 36.1 Å². The zero-order valence-electron chi connectivity index (χ0n) is 13.3. The fourth-order valence-corrected chi connectivity index (χ4v) is 2.56. The highest BCUT2D eigenvalue weighted by Gasteiger charge is 2.23. The number of carbonyl (C=O) groups is 1. The van der Waals surface area contributed by atoms with Gasteiger partial charge < -0.3 is 10.3 Å². The molecular formula is C18H17F2N3O. The van der Waals surface area contributed by atoms with E-state index in [4.69, 9.17) is 0 Å². The molecule has 0 saturated carbocycles. The Morgan fingerprint density at radius 1 is 1.17 bits per heavy atom. The normalized spacial score (nSPS) is 12.5. The quantitative estimate of drug-likeness (QED) is 0.761. The van der Waals surface area contributed by atoms with E-state index in [1.807, 2.05) is 38.1 Å². The maximum atomic E-state index is 13.8. The highest BCUT2D eigenvalue weighted by atomic mass is 19.1. The molecule has 0 aliphatic heterocycles. The van der Waals surface area contributed by atoms with E-state index in [0.29, 0.717) is 11.9 Å². The number of benzene rings is 2. The predicted octanol–water partition coefficient (Wildman–Crippen LogP) is 3.97. The van der Waals surface area contributed by atoms with Gasteiger partial charge >= 0.3 is 0 Å². The summed E-state index contributed by atoms with van der Waals surface area (Å²) >= 11 is 0. The number of hydrogen-bond acceptors (Lipinski definition) is 2. The van der Waals surface area contributed by atoms with Crippen LogP contribution in [0.4, 0.5) is 8.78 Å². The Morgan fingerprint density at radius 2 is 1.92 bits per heavy atom. The number of hydrogen-bond donors (Lipinski definition) is 2. The van der Waals surface area contributed by atoms with Crippen LogP contribution in [0.15, 0.2) is 42.5 Å². The van der Waals surface area contributed by atoms with E-state index in [9.17, 15) is 13.6 Å². The Bertz CT molecular complexity index is 856. The van der Waals surface area contributed by atoms with Crippen LogP contribution in [0.5, 0.6) is 0 Å². The van der Waals surface area contributed by atoms with Gasteiger partial charge in [0.1, 0.15) is 17.5 Å². The van der Waals surface area contributed by atoms with Gasteiger partial charge in [-0.2, -0.15) is 0 Å². The minimum atomic E-state index is -0.889. The average molecular weight is 329 g/mol. The van der Waals surface area contributed by atoms with E-state index in [1.54, 1.807) is 0 Å². The third-order valence-electron chi connectivity index (χ3n) is 3.83. The van der Waals surface area contributed by atoms with Gasteiger partial charge in [-0.05, 0) is 30.2 Å². The van der Waals surface area contributed by atoms with Crippen LogP contribution in [-0.4, -0.2) is 15.9 Å². The number of nitrogens with zero attached hydrogens (tertiary/aromatic N) is 1. The summed E-state index contributed by atoms with van der Waals surface area (Å²) in [6.07, 6.45) is 0. The fraction of sp³-hybridized carbons (Fsp3) is 0.222. The van der Waals surface area contributed by atoms with Crippen molar-refractivity contribution in [1.29, 1.82) is 0 Å². The number of nitrogens with one attached hydrogen (secondary N) is 2. The molecular weight excluding hydrogens is 312 g/mol. The van der Waals surface area contributed by atoms with E-state index in [1.165, 1.54) is 0 Å². The van der Waals surface area contributed by atoms with E-state index in [2.05, 4.69) is 15.3 Å². The number of halogens is 2. The number of aromatic nitrogens is 2. The van der Waals surface area contributed by atoms with Crippen molar-refractivity contribution in [2.24, 2.45) is 5.92 Å². The molecule has 124 valence electrons. The number of amides is 1. The molecule has 2 N–H and O–H groups in total. The molecule has 24 heavy (non-hydrogen) atoms. The predicted molar refractivity (Wildman–Crippen MR) is 87.5 cm³/mol. The van der Waals surface area contributed by atoms with Crippen LogP contribution in [-0.2, 0) is 0 Å². The number of imidazole rings is 1. The maximum Gasteiger partial charge on any atom is 0.254 e. The van der Waals surface area contributed by atoms with Crippen molar-refractivity contribution in [2.75, 3.05) is 0 Å². The second kappa shape index (κ2) is 6.39. The lowest BCUT2D eigenvalue weighted by Gasteiger charge is -2.20. The first-order chi connectivity index (χ1) is 11.5. The number of para-hydroxylation sites is 2. The van der Waals surface area contributed by atoms with Crippen molar-refractivity contribution < 1.29 is 13.6 Å². The monoisotopic (exact) mass is 329 g/mol. The highest BCUT2D eigenvalue weighted by molar-refractivity contribution is 5.94. The standard InChI is InChI=1S/C18H17F2N3O/c1-10(2)16(17-21-14-5-3-4-6-15(14)22-17)23-18(24)12-8-7-11(19)9-13(12)20/h3-10,16H,1-2H3,(H,21,22)(H,23,24). The maximum absolute atomic E-state index is 13.8. The fourth-order valence-electron chi connectivity index (χ4n) is 2.56. The zero-order valence-corrected chi connectivity index (χ0v) is 13.3. The Morgan fingerprint density at radius 3 is 2.58 bits per heavy atom. The van der Waals surface area contributed by atoms with Crippen molar-refractivity contribution in [3.8, 4) is 0 Å². The Hall–Kier alpha value is -2.76. The lowest BCUT2D eigenvalue weighted by Crippen LogP contribution is -2.33. The van der Waals surface area contributed by atoms with Gasteiger partial charge in [-0.25, -0.2) is 13.8 Å². The molecule has 3 aromatic rings. The van der Waals surface area contributed by atoms with Crippen molar-refractivity contribution in [2.45, 2.75) is 19.9 Å². The second-order valence-corrected chi connectivity index (χ2v) is 5.96. The molecule has 6 heteroatoms. The van der Waals surface area contributed by atoms with E-state index in [0.717, 1.165) is 23.2 Å². The van der Waals surface area contributed by atoms with Gasteiger partial charge in [0.2, 0.25) is 0 Å². The first kappa shape index (κ1) is 16.1. The van der Waals surface area contributed by atoms with Gasteiger partial charge in [-0.15, -0.1) is 0 Å². The summed E-state index contributed by atoms with van der Waals surface area (Å²) in [5.74, 6) is -1.59. The van der Waals surface area contributed by atoms with Gasteiger partial charge in [0.15, 0.2) is 0 Å². The van der Waals surface area contributed by atoms with Crippen molar-refractivity contribution >= 4 is 16.9 Å². The third-order valence-corrected chi connectivity index (χ3v) is 3.83. The first-order valence-corrected chi connectivity index (χ1v) is 7.66. The Labute approximate surface area is 137 Å². The minimum Gasteiger partial charge on any atom is -0.342 e. The van der Waals surface area contributed by atoms with Gasteiger partial charge in [-0.3, -0.25) is 4.79 Å². The Kier molecular flexibility index (Phi) is 4.29.